The minimum Gasteiger partial charge on any atom is -0.397 e. The summed E-state index contributed by atoms with van der Waals surface area (Å²) < 4.78 is 14.2. The highest BCUT2D eigenvalue weighted by atomic mass is 35.5. The van der Waals surface area contributed by atoms with E-state index >= 15 is 0 Å². The van der Waals surface area contributed by atoms with Crippen LogP contribution in [0.4, 0.5) is 5.69 Å². The van der Waals surface area contributed by atoms with E-state index in [2.05, 4.69) is 0 Å². The molecule has 0 aliphatic carbocycles. The smallest absolute Gasteiger partial charge is 0.157 e. The highest BCUT2D eigenvalue weighted by Gasteiger charge is 2.12. The summed E-state index contributed by atoms with van der Waals surface area (Å²) in [5.74, 6) is 0. The van der Waals surface area contributed by atoms with E-state index in [4.69, 9.17) is 17.3 Å². The lowest BCUT2D eigenvalue weighted by molar-refractivity contribution is 0.678. The Balaban J connectivity index is 2.17. The van der Waals surface area contributed by atoms with Crippen LogP contribution in [-0.4, -0.2) is 8.18 Å². The van der Waals surface area contributed by atoms with Crippen molar-refractivity contribution in [1.82, 2.24) is 3.97 Å². The van der Waals surface area contributed by atoms with Crippen LogP contribution in [0, 0.1) is 0 Å². The van der Waals surface area contributed by atoms with Gasteiger partial charge in [-0.3, -0.25) is 3.97 Å². The zero-order valence-corrected chi connectivity index (χ0v) is 11.5. The number of hydrogen-bond donors (Lipinski definition) is 1. The van der Waals surface area contributed by atoms with Crippen molar-refractivity contribution in [2.24, 2.45) is 0 Å². The van der Waals surface area contributed by atoms with Gasteiger partial charge in [-0.15, -0.1) is 0 Å². The van der Waals surface area contributed by atoms with Gasteiger partial charge in [0.25, 0.3) is 0 Å². The second-order valence-corrected chi connectivity index (χ2v) is 5.87. The number of aromatic nitrogens is 1. The summed E-state index contributed by atoms with van der Waals surface area (Å²) in [6, 6.07) is 14.7. The highest BCUT2D eigenvalue weighted by molar-refractivity contribution is 7.83. The molecule has 0 aliphatic rings. The van der Waals surface area contributed by atoms with E-state index in [0.29, 0.717) is 10.7 Å². The Labute approximate surface area is 118 Å². The molecule has 2 aromatic carbocycles. The Hall–Kier alpha value is -1.78. The molecule has 3 aromatic rings. The molecule has 2 N–H and O–H groups in total. The van der Waals surface area contributed by atoms with Gasteiger partial charge in [-0.25, -0.2) is 4.21 Å². The predicted molar refractivity (Wildman–Crippen MR) is 79.6 cm³/mol. The largest absolute Gasteiger partial charge is 0.397 e. The van der Waals surface area contributed by atoms with Crippen LogP contribution in [0.1, 0.15) is 0 Å². The fraction of sp³-hybridized carbons (Fsp3) is 0. The maximum Gasteiger partial charge on any atom is 0.157 e. The molecule has 0 aliphatic heterocycles. The molecule has 1 heterocycles. The lowest BCUT2D eigenvalue weighted by Crippen LogP contribution is -2.03. The average molecular weight is 291 g/mol. The number of hydrogen-bond acceptors (Lipinski definition) is 2. The monoisotopic (exact) mass is 290 g/mol. The molecular weight excluding hydrogens is 280 g/mol. The van der Waals surface area contributed by atoms with Crippen molar-refractivity contribution in [3.63, 3.8) is 0 Å². The maximum atomic E-state index is 12.5. The molecule has 0 radical (unpaired) electrons. The first-order chi connectivity index (χ1) is 9.18. The first kappa shape index (κ1) is 12.3. The molecule has 96 valence electrons. The van der Waals surface area contributed by atoms with E-state index in [9.17, 15) is 4.21 Å². The molecule has 1 aromatic heterocycles. The highest BCUT2D eigenvalue weighted by Crippen LogP contribution is 2.30. The number of halogens is 1. The van der Waals surface area contributed by atoms with Crippen molar-refractivity contribution < 1.29 is 4.21 Å². The summed E-state index contributed by atoms with van der Waals surface area (Å²) in [5, 5.41) is 1.33. The van der Waals surface area contributed by atoms with Gasteiger partial charge in [-0.05, 0) is 30.3 Å². The molecule has 1 atom stereocenters. The normalized spacial score (nSPS) is 12.7. The molecule has 5 heteroatoms. The van der Waals surface area contributed by atoms with Crippen LogP contribution in [0.15, 0.2) is 59.6 Å². The molecule has 1 unspecified atom stereocenters. The Kier molecular flexibility index (Phi) is 3.05. The first-order valence-corrected chi connectivity index (χ1v) is 7.19. The molecule has 0 amide bonds. The lowest BCUT2D eigenvalue weighted by atomic mass is 10.2. The number of rotatable bonds is 2. The summed E-state index contributed by atoms with van der Waals surface area (Å²) in [6.45, 7) is 0. The van der Waals surface area contributed by atoms with E-state index in [1.54, 1.807) is 16.2 Å². The van der Waals surface area contributed by atoms with Gasteiger partial charge < -0.3 is 5.73 Å². The van der Waals surface area contributed by atoms with Gasteiger partial charge in [0, 0.05) is 11.6 Å². The van der Waals surface area contributed by atoms with Crippen molar-refractivity contribution in [2.75, 3.05) is 5.73 Å². The molecule has 0 saturated carbocycles. The van der Waals surface area contributed by atoms with Gasteiger partial charge in [-0.2, -0.15) is 0 Å². The van der Waals surface area contributed by atoms with Gasteiger partial charge in [0.1, 0.15) is 0 Å². The second kappa shape index (κ2) is 4.72. The summed E-state index contributed by atoms with van der Waals surface area (Å²) >= 11 is 5.98. The Bertz CT molecular complexity index is 768. The number of fused-ring (bicyclic) bond motifs is 1. The molecular formula is C14H11ClN2OS. The standard InChI is InChI=1S/C14H11ClN2OS/c15-12-6-7-13-11(14(12)16)8-9-17(13)19(18)10-4-2-1-3-5-10/h1-9H,16H2. The van der Waals surface area contributed by atoms with E-state index in [1.807, 2.05) is 42.5 Å². The third-order valence-electron chi connectivity index (χ3n) is 2.95. The molecule has 0 bridgehead atoms. The van der Waals surface area contributed by atoms with Crippen LogP contribution in [0.25, 0.3) is 10.9 Å². The summed E-state index contributed by atoms with van der Waals surface area (Å²) in [6.07, 6.45) is 1.76. The zero-order chi connectivity index (χ0) is 13.4. The van der Waals surface area contributed by atoms with Crippen molar-refractivity contribution in [3.05, 3.63) is 59.8 Å². The molecule has 0 fully saturated rings. The summed E-state index contributed by atoms with van der Waals surface area (Å²) in [7, 11) is -1.29. The van der Waals surface area contributed by atoms with Crippen molar-refractivity contribution in [2.45, 2.75) is 4.90 Å². The van der Waals surface area contributed by atoms with Crippen LogP contribution < -0.4 is 5.73 Å². The Morgan fingerprint density at radius 3 is 2.53 bits per heavy atom. The van der Waals surface area contributed by atoms with Gasteiger partial charge in [-0.1, -0.05) is 29.8 Å². The van der Waals surface area contributed by atoms with Crippen LogP contribution in [-0.2, 0) is 11.0 Å². The average Bonchev–Trinajstić information content (AvgIpc) is 2.87. The maximum absolute atomic E-state index is 12.5. The fourth-order valence-corrected chi connectivity index (χ4v) is 3.27. The number of nitrogens with zero attached hydrogens (tertiary/aromatic N) is 1. The topological polar surface area (TPSA) is 48.0 Å². The molecule has 0 spiro atoms. The Morgan fingerprint density at radius 2 is 1.79 bits per heavy atom. The SMILES string of the molecule is Nc1c(Cl)ccc2c1ccn2S(=O)c1ccccc1. The minimum atomic E-state index is -1.29. The second-order valence-electron chi connectivity index (χ2n) is 4.10. The van der Waals surface area contributed by atoms with Crippen LogP contribution >= 0.6 is 11.6 Å². The molecule has 0 saturated heterocycles. The van der Waals surface area contributed by atoms with Crippen LogP contribution in [0.2, 0.25) is 5.02 Å². The number of nitrogens with two attached hydrogens (primary N) is 1. The third-order valence-corrected chi connectivity index (χ3v) is 4.63. The van der Waals surface area contributed by atoms with Gasteiger partial charge in [0.2, 0.25) is 0 Å². The first-order valence-electron chi connectivity index (χ1n) is 5.71. The number of nitrogen functional groups attached to an aromatic ring is 1. The molecule has 3 nitrogen and oxygen atoms in total. The lowest BCUT2D eigenvalue weighted by Gasteiger charge is -2.06. The number of anilines is 1. The van der Waals surface area contributed by atoms with E-state index < -0.39 is 11.0 Å². The number of benzene rings is 2. The predicted octanol–water partition coefficient (Wildman–Crippen LogP) is 3.45. The molecule has 3 rings (SSSR count). The van der Waals surface area contributed by atoms with Gasteiger partial charge in [0.05, 0.1) is 21.1 Å². The van der Waals surface area contributed by atoms with Gasteiger partial charge in [0.15, 0.2) is 11.0 Å². The Morgan fingerprint density at radius 1 is 1.05 bits per heavy atom. The summed E-state index contributed by atoms with van der Waals surface area (Å²) in [4.78, 5) is 0.744. The molecule has 19 heavy (non-hydrogen) atoms. The minimum absolute atomic E-state index is 0.510. The van der Waals surface area contributed by atoms with E-state index in [-0.39, 0.29) is 0 Å². The fourth-order valence-electron chi connectivity index (χ4n) is 1.98. The summed E-state index contributed by atoms with van der Waals surface area (Å²) in [5.41, 5.74) is 7.25. The van der Waals surface area contributed by atoms with Gasteiger partial charge >= 0.3 is 0 Å². The van der Waals surface area contributed by atoms with E-state index in [1.165, 1.54) is 0 Å². The van der Waals surface area contributed by atoms with Crippen molar-refractivity contribution >= 4 is 39.2 Å². The van der Waals surface area contributed by atoms with Crippen LogP contribution in [0.3, 0.4) is 0 Å². The van der Waals surface area contributed by atoms with Crippen molar-refractivity contribution in [3.8, 4) is 0 Å². The van der Waals surface area contributed by atoms with Crippen molar-refractivity contribution in [1.29, 1.82) is 0 Å². The quantitative estimate of drug-likeness (QED) is 0.735. The third kappa shape index (κ3) is 2.03. The zero-order valence-electron chi connectivity index (χ0n) is 9.92. The van der Waals surface area contributed by atoms with Crippen LogP contribution in [0.5, 0.6) is 0 Å². The van der Waals surface area contributed by atoms with E-state index in [0.717, 1.165) is 15.8 Å².